The lowest BCUT2D eigenvalue weighted by Crippen LogP contribution is -2.18. The summed E-state index contributed by atoms with van der Waals surface area (Å²) in [6.07, 6.45) is -15.1. The molecule has 0 aliphatic heterocycles. The Kier molecular flexibility index (Phi) is 9.07. The van der Waals surface area contributed by atoms with Crippen molar-refractivity contribution in [1.82, 2.24) is 9.13 Å². The van der Waals surface area contributed by atoms with E-state index in [1.54, 1.807) is 48.5 Å². The van der Waals surface area contributed by atoms with Crippen LogP contribution in [0.2, 0.25) is 0 Å². The number of rotatable bonds is 4. The Morgan fingerprint density at radius 2 is 0.729 bits per heavy atom. The monoisotopic (exact) mass is 976 g/mol. The smallest absolute Gasteiger partial charge is 0.308 e. The fourth-order valence-corrected chi connectivity index (χ4v) is 13.0. The lowest BCUT2D eigenvalue weighted by Gasteiger charge is -2.27. The number of alkyl halides is 9. The predicted octanol–water partition coefficient (Wildman–Crippen LogP) is 19.0. The van der Waals surface area contributed by atoms with Crippen molar-refractivity contribution in [1.29, 1.82) is 0 Å². The van der Waals surface area contributed by atoms with Crippen molar-refractivity contribution >= 4 is 107 Å². The van der Waals surface area contributed by atoms with Gasteiger partial charge in [-0.25, -0.2) is 0 Å². The molecule has 0 saturated carbocycles. The summed E-state index contributed by atoms with van der Waals surface area (Å²) < 4.78 is 147. The molecule has 4 heterocycles. The van der Waals surface area contributed by atoms with E-state index in [0.29, 0.717) is 43.6 Å². The zero-order valence-corrected chi connectivity index (χ0v) is 37.5. The van der Waals surface area contributed by atoms with E-state index in [0.717, 1.165) is 76.7 Å². The van der Waals surface area contributed by atoms with Gasteiger partial charge >= 0.3 is 18.5 Å². The number of halogens is 9. The first kappa shape index (κ1) is 42.5. The molecule has 0 aliphatic carbocycles. The summed E-state index contributed by atoms with van der Waals surface area (Å²) in [4.78, 5) is 0. The summed E-state index contributed by atoms with van der Waals surface area (Å²) >= 11 is 2.97. The molecule has 0 aliphatic rings. The summed E-state index contributed by atoms with van der Waals surface area (Å²) in [6.45, 7) is 0. The molecule has 4 aromatic heterocycles. The summed E-state index contributed by atoms with van der Waals surface area (Å²) in [5.74, 6) is 0. The number of aromatic nitrogens is 2. The second-order valence-corrected chi connectivity index (χ2v) is 19.4. The Bertz CT molecular complexity index is 4070. The van der Waals surface area contributed by atoms with Crippen molar-refractivity contribution in [2.45, 2.75) is 18.5 Å². The maximum atomic E-state index is 17.4. The molecule has 0 bridgehead atoms. The van der Waals surface area contributed by atoms with Gasteiger partial charge in [-0.05, 0) is 77.9 Å². The summed E-state index contributed by atoms with van der Waals surface area (Å²) in [7, 11) is 0. The van der Waals surface area contributed by atoms with Crippen molar-refractivity contribution in [3.63, 3.8) is 0 Å². The molecule has 0 fully saturated rings. The van der Waals surface area contributed by atoms with Crippen LogP contribution in [0.4, 0.5) is 39.5 Å². The number of hydrogen-bond donors (Lipinski definition) is 0. The molecule has 0 saturated heterocycles. The summed E-state index contributed by atoms with van der Waals surface area (Å²) in [5, 5.41) is 6.15. The normalized spacial score (nSPS) is 12.9. The Balaban J connectivity index is 1.29. The molecule has 13 heteroatoms. The molecule has 0 spiro atoms. The third-order valence-corrected chi connectivity index (χ3v) is 15.8. The first-order valence-electron chi connectivity index (χ1n) is 22.0. The van der Waals surface area contributed by atoms with Gasteiger partial charge in [-0.15, -0.1) is 22.7 Å². The fraction of sp³-hybridized carbons (Fsp3) is 0.0526. The molecule has 13 rings (SSSR count). The van der Waals surface area contributed by atoms with Gasteiger partial charge in [-0.2, -0.15) is 39.5 Å². The van der Waals surface area contributed by atoms with Gasteiger partial charge < -0.3 is 9.13 Å². The van der Waals surface area contributed by atoms with Crippen molar-refractivity contribution in [2.24, 2.45) is 0 Å². The quantitative estimate of drug-likeness (QED) is 0.156. The number of para-hydroxylation sites is 2. The van der Waals surface area contributed by atoms with Crippen LogP contribution in [0, 0.1) is 0 Å². The van der Waals surface area contributed by atoms with Crippen LogP contribution in [0.1, 0.15) is 16.7 Å². The number of fused-ring (bicyclic) bond motifs is 14. The molecular weight excluding hydrogens is 948 g/mol. The Morgan fingerprint density at radius 1 is 0.329 bits per heavy atom. The van der Waals surface area contributed by atoms with Crippen LogP contribution in [0.5, 0.6) is 0 Å². The van der Waals surface area contributed by atoms with Crippen molar-refractivity contribution in [3.8, 4) is 33.6 Å². The number of thiophene rings is 2. The van der Waals surface area contributed by atoms with Gasteiger partial charge in [-0.3, -0.25) is 0 Å². The minimum Gasteiger partial charge on any atom is -0.308 e. The van der Waals surface area contributed by atoms with Crippen LogP contribution < -0.4 is 0 Å². The third-order valence-electron chi connectivity index (χ3n) is 13.4. The topological polar surface area (TPSA) is 9.86 Å². The van der Waals surface area contributed by atoms with Crippen molar-refractivity contribution < 1.29 is 39.5 Å². The number of benzene rings is 9. The van der Waals surface area contributed by atoms with Crippen LogP contribution in [-0.4, -0.2) is 9.13 Å². The second-order valence-electron chi connectivity index (χ2n) is 17.3. The molecule has 0 unspecified atom stereocenters. The zero-order chi connectivity index (χ0) is 48.0. The molecule has 0 amide bonds. The van der Waals surface area contributed by atoms with Crippen LogP contribution in [0.15, 0.2) is 176 Å². The zero-order valence-electron chi connectivity index (χ0n) is 35.9. The van der Waals surface area contributed by atoms with E-state index in [9.17, 15) is 26.3 Å². The van der Waals surface area contributed by atoms with Gasteiger partial charge in [0, 0.05) is 73.0 Å². The molecule has 9 aromatic carbocycles. The highest BCUT2D eigenvalue weighted by atomic mass is 32.1. The van der Waals surface area contributed by atoms with E-state index in [4.69, 9.17) is 0 Å². The first-order chi connectivity index (χ1) is 33.6. The van der Waals surface area contributed by atoms with E-state index in [2.05, 4.69) is 0 Å². The lowest BCUT2D eigenvalue weighted by atomic mass is 9.89. The van der Waals surface area contributed by atoms with Gasteiger partial charge in [-0.1, -0.05) is 109 Å². The first-order valence-corrected chi connectivity index (χ1v) is 23.6. The van der Waals surface area contributed by atoms with Crippen molar-refractivity contribution in [2.75, 3.05) is 0 Å². The number of hydrogen-bond acceptors (Lipinski definition) is 2. The van der Waals surface area contributed by atoms with Gasteiger partial charge in [0.15, 0.2) is 0 Å². The van der Waals surface area contributed by atoms with Crippen molar-refractivity contribution in [3.05, 3.63) is 193 Å². The minimum absolute atomic E-state index is 0.224. The van der Waals surface area contributed by atoms with Crippen LogP contribution >= 0.6 is 22.7 Å². The van der Waals surface area contributed by atoms with Crippen LogP contribution in [0.3, 0.4) is 0 Å². The number of nitrogens with zero attached hydrogens (tertiary/aromatic N) is 2. The van der Waals surface area contributed by atoms with Crippen LogP contribution in [-0.2, 0) is 18.5 Å². The van der Waals surface area contributed by atoms with E-state index in [-0.39, 0.29) is 22.3 Å². The molecule has 13 aromatic rings. The molecule has 70 heavy (non-hydrogen) atoms. The van der Waals surface area contributed by atoms with Gasteiger partial charge in [0.2, 0.25) is 0 Å². The summed E-state index contributed by atoms with van der Waals surface area (Å²) in [6, 6.07) is 46.1. The Labute approximate surface area is 398 Å². The molecule has 0 N–H and O–H groups in total. The molecule has 0 atom stereocenters. The van der Waals surface area contributed by atoms with Crippen LogP contribution in [0.25, 0.3) is 118 Å². The minimum atomic E-state index is -5.31. The predicted molar refractivity (Wildman–Crippen MR) is 267 cm³/mol. The van der Waals surface area contributed by atoms with Gasteiger partial charge in [0.1, 0.15) is 5.56 Å². The largest absolute Gasteiger partial charge is 0.420 e. The second kappa shape index (κ2) is 14.9. The Morgan fingerprint density at radius 3 is 1.14 bits per heavy atom. The maximum Gasteiger partial charge on any atom is 0.420 e. The van der Waals surface area contributed by atoms with Gasteiger partial charge in [0.25, 0.3) is 0 Å². The standard InChI is InChI=1S/C57H29F9N2S2/c58-55(59,60)32-13-9-11-30(27-32)40-29-41(31-12-10-14-33(28-31)56(61,62)63)52(68-43-20-6-2-18-39(43)49-45(68)26-24-37-35-16-4-8-22-47(35)70-54(37)49)50(57(64,65)66)51(40)67-42-19-5-1-17-38(42)48-44(67)25-23-36-34-15-3-7-21-46(34)69-53(36)48/h1-29H. The van der Waals surface area contributed by atoms with E-state index in [1.165, 1.54) is 50.0 Å². The molecule has 2 nitrogen and oxygen atoms in total. The Hall–Kier alpha value is -7.61. The molecular formula is C57H29F9N2S2. The SMILES string of the molecule is FC(F)(F)c1cccc(-c2cc(-c3cccc(C(F)(F)F)c3)c(-n3c4ccccc4c4c5sc6ccccc6c5ccc43)c(C(F)(F)F)c2-n2c3ccccc3c3c4sc5ccccc5c4ccc32)c1. The highest BCUT2D eigenvalue weighted by molar-refractivity contribution is 7.27. The van der Waals surface area contributed by atoms with E-state index < -0.39 is 46.6 Å². The fourth-order valence-electron chi connectivity index (χ4n) is 10.5. The average Bonchev–Trinajstić information content (AvgIpc) is 4.10. The maximum absolute atomic E-state index is 17.4. The van der Waals surface area contributed by atoms with E-state index in [1.807, 2.05) is 72.8 Å². The summed E-state index contributed by atoms with van der Waals surface area (Å²) in [5.41, 5.74) is -4.07. The lowest BCUT2D eigenvalue weighted by molar-refractivity contribution is -0.138. The molecule has 0 radical (unpaired) electrons. The van der Waals surface area contributed by atoms with Gasteiger partial charge in [0.05, 0.1) is 44.6 Å². The van der Waals surface area contributed by atoms with E-state index >= 15 is 13.2 Å². The highest BCUT2D eigenvalue weighted by Gasteiger charge is 2.43. The highest BCUT2D eigenvalue weighted by Crippen LogP contribution is 2.54. The third kappa shape index (κ3) is 6.26. The average molecular weight is 977 g/mol. The molecule has 342 valence electrons.